The van der Waals surface area contributed by atoms with Gasteiger partial charge in [0.05, 0.1) is 12.7 Å². The normalized spacial score (nSPS) is 10.1. The van der Waals surface area contributed by atoms with Crippen LogP contribution in [0, 0.1) is 6.92 Å². The number of hydrogen-bond donors (Lipinski definition) is 2. The molecule has 2 aromatic heterocycles. The second-order valence-corrected chi connectivity index (χ2v) is 3.71. The first kappa shape index (κ1) is 12.1. The van der Waals surface area contributed by atoms with Crippen molar-refractivity contribution >= 4 is 11.7 Å². The van der Waals surface area contributed by atoms with Gasteiger partial charge in [-0.05, 0) is 19.1 Å². The molecule has 2 aromatic rings. The summed E-state index contributed by atoms with van der Waals surface area (Å²) < 4.78 is 5.26. The zero-order valence-corrected chi connectivity index (χ0v) is 10.2. The van der Waals surface area contributed by atoms with E-state index in [1.54, 1.807) is 38.4 Å². The van der Waals surface area contributed by atoms with Crippen LogP contribution in [0.2, 0.25) is 0 Å². The number of oxazole rings is 1. The molecule has 0 aromatic carbocycles. The molecule has 0 unspecified atom stereocenters. The van der Waals surface area contributed by atoms with E-state index >= 15 is 0 Å². The average molecular weight is 246 g/mol. The molecule has 0 radical (unpaired) electrons. The van der Waals surface area contributed by atoms with Gasteiger partial charge in [0, 0.05) is 7.05 Å². The number of carbonyl (C=O) groups excluding carboxylic acids is 1. The minimum Gasteiger partial charge on any atom is -0.444 e. The lowest BCUT2D eigenvalue weighted by Crippen LogP contribution is -2.24. The zero-order valence-electron chi connectivity index (χ0n) is 10.2. The molecule has 0 atom stereocenters. The predicted octanol–water partition coefficient (Wildman–Crippen LogP) is 1.35. The van der Waals surface area contributed by atoms with Crippen LogP contribution in [0.5, 0.6) is 0 Å². The molecular formula is C12H14N4O2. The fourth-order valence-corrected chi connectivity index (χ4v) is 1.43. The Labute approximate surface area is 104 Å². The third kappa shape index (κ3) is 2.85. The molecule has 0 saturated heterocycles. The van der Waals surface area contributed by atoms with Gasteiger partial charge in [0.15, 0.2) is 0 Å². The topological polar surface area (TPSA) is 80.0 Å². The van der Waals surface area contributed by atoms with Gasteiger partial charge in [0.1, 0.15) is 17.3 Å². The summed E-state index contributed by atoms with van der Waals surface area (Å²) in [6.45, 7) is 2.05. The molecule has 0 saturated carbocycles. The lowest BCUT2D eigenvalue weighted by atomic mass is 10.3. The van der Waals surface area contributed by atoms with Gasteiger partial charge in [0.2, 0.25) is 5.89 Å². The number of pyridine rings is 1. The summed E-state index contributed by atoms with van der Waals surface area (Å²) in [6.07, 6.45) is 1.61. The van der Waals surface area contributed by atoms with E-state index in [2.05, 4.69) is 20.6 Å². The number of nitrogens with one attached hydrogen (secondary N) is 2. The predicted molar refractivity (Wildman–Crippen MR) is 66.2 cm³/mol. The largest absolute Gasteiger partial charge is 0.444 e. The van der Waals surface area contributed by atoms with Gasteiger partial charge in [-0.1, -0.05) is 6.07 Å². The van der Waals surface area contributed by atoms with Crippen molar-refractivity contribution < 1.29 is 9.21 Å². The Kier molecular flexibility index (Phi) is 3.57. The maximum Gasteiger partial charge on any atom is 0.270 e. The summed E-state index contributed by atoms with van der Waals surface area (Å²) in [4.78, 5) is 20.0. The molecule has 0 fully saturated rings. The smallest absolute Gasteiger partial charge is 0.270 e. The molecule has 6 nitrogen and oxygen atoms in total. The maximum absolute atomic E-state index is 11.8. The number of anilines is 1. The summed E-state index contributed by atoms with van der Waals surface area (Å²) in [6, 6.07) is 5.20. The summed E-state index contributed by atoms with van der Waals surface area (Å²) in [5.74, 6) is 1.58. The number of amides is 1. The zero-order chi connectivity index (χ0) is 13.0. The molecule has 6 heteroatoms. The van der Waals surface area contributed by atoms with Crippen molar-refractivity contribution in [3.63, 3.8) is 0 Å². The Balaban J connectivity index is 1.99. The molecular weight excluding hydrogens is 232 g/mol. The number of aromatic nitrogens is 2. The summed E-state index contributed by atoms with van der Waals surface area (Å²) >= 11 is 0. The molecule has 0 aliphatic carbocycles. The van der Waals surface area contributed by atoms with E-state index in [1.807, 2.05) is 0 Å². The first-order chi connectivity index (χ1) is 8.69. The fraction of sp³-hybridized carbons (Fsp3) is 0.250. The molecule has 18 heavy (non-hydrogen) atoms. The number of nitrogens with zero attached hydrogens (tertiary/aromatic N) is 2. The number of carbonyl (C=O) groups is 1. The summed E-state index contributed by atoms with van der Waals surface area (Å²) in [7, 11) is 1.75. The Morgan fingerprint density at radius 2 is 2.28 bits per heavy atom. The molecule has 0 bridgehead atoms. The van der Waals surface area contributed by atoms with E-state index in [0.717, 1.165) is 5.76 Å². The highest BCUT2D eigenvalue weighted by Gasteiger charge is 2.09. The van der Waals surface area contributed by atoms with Crippen LogP contribution in [0.3, 0.4) is 0 Å². The van der Waals surface area contributed by atoms with Crippen molar-refractivity contribution in [3.05, 3.63) is 41.7 Å². The van der Waals surface area contributed by atoms with Crippen molar-refractivity contribution in [2.45, 2.75) is 13.5 Å². The van der Waals surface area contributed by atoms with Crippen molar-refractivity contribution in [2.24, 2.45) is 0 Å². The second kappa shape index (κ2) is 5.31. The highest BCUT2D eigenvalue weighted by atomic mass is 16.4. The average Bonchev–Trinajstić information content (AvgIpc) is 2.82. The first-order valence-electron chi connectivity index (χ1n) is 5.53. The standard InChI is InChI=1S/C12H14N4O2/c1-8-6-14-11(18-8)7-15-12(17)9-4-3-5-10(13-2)16-9/h3-6H,7H2,1-2H3,(H,13,16)(H,15,17). The van der Waals surface area contributed by atoms with E-state index in [1.165, 1.54) is 0 Å². The van der Waals surface area contributed by atoms with Gasteiger partial charge in [-0.25, -0.2) is 9.97 Å². The van der Waals surface area contributed by atoms with Crippen LogP contribution < -0.4 is 10.6 Å². The second-order valence-electron chi connectivity index (χ2n) is 3.71. The van der Waals surface area contributed by atoms with Gasteiger partial charge in [0.25, 0.3) is 5.91 Å². The van der Waals surface area contributed by atoms with Crippen molar-refractivity contribution in [1.29, 1.82) is 0 Å². The first-order valence-corrected chi connectivity index (χ1v) is 5.53. The van der Waals surface area contributed by atoms with E-state index in [4.69, 9.17) is 4.42 Å². The van der Waals surface area contributed by atoms with Gasteiger partial charge < -0.3 is 15.1 Å². The van der Waals surface area contributed by atoms with Crippen molar-refractivity contribution in [2.75, 3.05) is 12.4 Å². The number of aryl methyl sites for hydroxylation is 1. The Morgan fingerprint density at radius 3 is 2.94 bits per heavy atom. The van der Waals surface area contributed by atoms with Crippen LogP contribution in [0.15, 0.2) is 28.8 Å². The van der Waals surface area contributed by atoms with Crippen LogP contribution in [0.1, 0.15) is 22.1 Å². The molecule has 2 rings (SSSR count). The highest BCUT2D eigenvalue weighted by molar-refractivity contribution is 5.92. The SMILES string of the molecule is CNc1cccc(C(=O)NCc2ncc(C)o2)n1. The number of hydrogen-bond acceptors (Lipinski definition) is 5. The minimum atomic E-state index is -0.261. The summed E-state index contributed by atoms with van der Waals surface area (Å²) in [5, 5.41) is 5.57. The highest BCUT2D eigenvalue weighted by Crippen LogP contribution is 2.05. The molecule has 2 N–H and O–H groups in total. The van der Waals surface area contributed by atoms with Gasteiger partial charge >= 0.3 is 0 Å². The monoisotopic (exact) mass is 246 g/mol. The Bertz CT molecular complexity index is 551. The van der Waals surface area contributed by atoms with Gasteiger partial charge in [-0.2, -0.15) is 0 Å². The molecule has 2 heterocycles. The third-order valence-corrected chi connectivity index (χ3v) is 2.31. The van der Waals surface area contributed by atoms with Crippen LogP contribution in [-0.4, -0.2) is 22.9 Å². The Hall–Kier alpha value is -2.37. The quantitative estimate of drug-likeness (QED) is 0.851. The molecule has 94 valence electrons. The third-order valence-electron chi connectivity index (χ3n) is 2.31. The minimum absolute atomic E-state index is 0.248. The number of rotatable bonds is 4. The molecule has 0 aliphatic heterocycles. The lowest BCUT2D eigenvalue weighted by molar-refractivity contribution is 0.0942. The van der Waals surface area contributed by atoms with E-state index < -0.39 is 0 Å². The molecule has 0 spiro atoms. The van der Waals surface area contributed by atoms with Crippen LogP contribution >= 0.6 is 0 Å². The maximum atomic E-state index is 11.8. The van der Waals surface area contributed by atoms with Crippen LogP contribution in [0.4, 0.5) is 5.82 Å². The summed E-state index contributed by atoms with van der Waals surface area (Å²) in [5.41, 5.74) is 0.352. The van der Waals surface area contributed by atoms with Crippen LogP contribution in [0.25, 0.3) is 0 Å². The van der Waals surface area contributed by atoms with E-state index in [9.17, 15) is 4.79 Å². The van der Waals surface area contributed by atoms with Gasteiger partial charge in [-0.3, -0.25) is 4.79 Å². The van der Waals surface area contributed by atoms with Gasteiger partial charge in [-0.15, -0.1) is 0 Å². The van der Waals surface area contributed by atoms with E-state index in [0.29, 0.717) is 17.4 Å². The fourth-order valence-electron chi connectivity index (χ4n) is 1.43. The molecule has 1 amide bonds. The van der Waals surface area contributed by atoms with E-state index in [-0.39, 0.29) is 12.5 Å². The van der Waals surface area contributed by atoms with Crippen molar-refractivity contribution in [3.8, 4) is 0 Å². The Morgan fingerprint density at radius 1 is 1.44 bits per heavy atom. The molecule has 0 aliphatic rings. The van der Waals surface area contributed by atoms with Crippen molar-refractivity contribution in [1.82, 2.24) is 15.3 Å². The lowest BCUT2D eigenvalue weighted by Gasteiger charge is -2.04. The van der Waals surface area contributed by atoms with Crippen LogP contribution in [-0.2, 0) is 6.54 Å².